The SMILES string of the molecule is COc1ccnc(C(=O)NCC(C)(C(=O)O)C2C(C)OC(=O)CCOC(=O)C2Cc2ccccc2)c1OC(C)=O. The van der Waals surface area contributed by atoms with Crippen molar-refractivity contribution in [1.29, 1.82) is 0 Å². The van der Waals surface area contributed by atoms with Crippen molar-refractivity contribution in [2.45, 2.75) is 39.7 Å². The number of nitrogens with one attached hydrogen (secondary N) is 1. The van der Waals surface area contributed by atoms with Gasteiger partial charge >= 0.3 is 23.9 Å². The van der Waals surface area contributed by atoms with E-state index in [0.29, 0.717) is 0 Å². The first-order chi connectivity index (χ1) is 19.0. The Morgan fingerprint density at radius 1 is 1.18 bits per heavy atom. The number of carboxylic acids is 1. The summed E-state index contributed by atoms with van der Waals surface area (Å²) < 4.78 is 21.2. The first-order valence-corrected chi connectivity index (χ1v) is 12.6. The Morgan fingerprint density at radius 3 is 2.50 bits per heavy atom. The molecular weight excluding hydrogens is 524 g/mol. The molecular formula is C28H32N2O10. The fraction of sp³-hybridized carbons (Fsp3) is 0.429. The number of nitrogens with zero attached hydrogens (tertiary/aromatic N) is 1. The standard InChI is InChI=1S/C28H32N2O10/c1-16-22(19(14-18-8-6-5-7-9-18)26(34)38-13-11-21(32)39-16)28(3,27(35)36)15-30-25(33)23-24(40-17(2)31)20(37-4)10-12-29-23/h5-10,12,16,19,22H,11,13-15H2,1-4H3,(H,30,33)(H,35,36). The second kappa shape index (κ2) is 13.0. The number of methoxy groups -OCH3 is 1. The van der Waals surface area contributed by atoms with E-state index < -0.39 is 59.7 Å². The molecule has 1 fully saturated rings. The lowest BCUT2D eigenvalue weighted by atomic mass is 9.66. The zero-order valence-electron chi connectivity index (χ0n) is 22.7. The van der Waals surface area contributed by atoms with Gasteiger partial charge in [0.2, 0.25) is 5.75 Å². The van der Waals surface area contributed by atoms with Crippen molar-refractivity contribution in [2.75, 3.05) is 20.3 Å². The van der Waals surface area contributed by atoms with Gasteiger partial charge in [0.1, 0.15) is 12.7 Å². The number of hydrogen-bond donors (Lipinski definition) is 2. The minimum absolute atomic E-state index is 0.0684. The second-order valence-electron chi connectivity index (χ2n) is 9.62. The molecule has 12 heteroatoms. The Bertz CT molecular complexity index is 1260. The van der Waals surface area contributed by atoms with E-state index >= 15 is 0 Å². The van der Waals surface area contributed by atoms with Crippen LogP contribution in [0.25, 0.3) is 0 Å². The Kier molecular flexibility index (Phi) is 9.81. The maximum absolute atomic E-state index is 13.3. The van der Waals surface area contributed by atoms with Gasteiger partial charge in [-0.2, -0.15) is 0 Å². The highest BCUT2D eigenvalue weighted by atomic mass is 16.6. The molecule has 4 unspecified atom stereocenters. The Labute approximate surface area is 231 Å². The molecule has 1 aromatic heterocycles. The summed E-state index contributed by atoms with van der Waals surface area (Å²) in [6.45, 7) is 3.32. The molecule has 1 amide bonds. The van der Waals surface area contributed by atoms with Gasteiger partial charge in [0.25, 0.3) is 5.91 Å². The van der Waals surface area contributed by atoms with E-state index in [1.165, 1.54) is 33.2 Å². The first-order valence-electron chi connectivity index (χ1n) is 12.6. The Hall–Kier alpha value is -4.48. The molecule has 0 radical (unpaired) electrons. The van der Waals surface area contributed by atoms with Crippen LogP contribution >= 0.6 is 0 Å². The Morgan fingerprint density at radius 2 is 1.88 bits per heavy atom. The van der Waals surface area contributed by atoms with E-state index in [2.05, 4.69) is 10.3 Å². The van der Waals surface area contributed by atoms with Crippen LogP contribution in [0.3, 0.4) is 0 Å². The van der Waals surface area contributed by atoms with Crippen LogP contribution in [0.1, 0.15) is 43.2 Å². The number of carbonyl (C=O) groups excluding carboxylic acids is 4. The number of rotatable bonds is 9. The lowest BCUT2D eigenvalue weighted by Crippen LogP contribution is -2.54. The topological polar surface area (TPSA) is 167 Å². The summed E-state index contributed by atoms with van der Waals surface area (Å²) in [6, 6.07) is 10.3. The number of hydrogen-bond acceptors (Lipinski definition) is 10. The van der Waals surface area contributed by atoms with Crippen molar-refractivity contribution in [1.82, 2.24) is 10.3 Å². The molecule has 40 heavy (non-hydrogen) atoms. The predicted molar refractivity (Wildman–Crippen MR) is 138 cm³/mol. The zero-order chi connectivity index (χ0) is 29.4. The van der Waals surface area contributed by atoms with Crippen LogP contribution in [0.15, 0.2) is 42.6 Å². The van der Waals surface area contributed by atoms with Gasteiger partial charge in [0, 0.05) is 31.6 Å². The molecule has 0 bridgehead atoms. The van der Waals surface area contributed by atoms with Crippen molar-refractivity contribution >= 4 is 29.8 Å². The highest BCUT2D eigenvalue weighted by Crippen LogP contribution is 2.40. The number of pyridine rings is 1. The quantitative estimate of drug-likeness (QED) is 0.435. The largest absolute Gasteiger partial charge is 0.493 e. The fourth-order valence-electron chi connectivity index (χ4n) is 4.87. The van der Waals surface area contributed by atoms with Crippen molar-refractivity contribution < 1.29 is 48.0 Å². The lowest BCUT2D eigenvalue weighted by Gasteiger charge is -2.40. The summed E-state index contributed by atoms with van der Waals surface area (Å²) in [6.07, 6.45) is 0.165. The Balaban J connectivity index is 2.01. The molecule has 214 valence electrons. The van der Waals surface area contributed by atoms with Crippen LogP contribution < -0.4 is 14.8 Å². The number of amides is 1. The van der Waals surface area contributed by atoms with Gasteiger partial charge in [-0.3, -0.25) is 24.0 Å². The van der Waals surface area contributed by atoms with Crippen LogP contribution in [0.5, 0.6) is 11.5 Å². The molecule has 4 atom stereocenters. The number of ether oxygens (including phenoxy) is 4. The van der Waals surface area contributed by atoms with Crippen LogP contribution in [-0.2, 0) is 35.1 Å². The zero-order valence-corrected chi connectivity index (χ0v) is 22.7. The third-order valence-electron chi connectivity index (χ3n) is 6.80. The molecule has 1 saturated heterocycles. The van der Waals surface area contributed by atoms with Gasteiger partial charge in [-0.05, 0) is 25.8 Å². The highest BCUT2D eigenvalue weighted by molar-refractivity contribution is 5.97. The van der Waals surface area contributed by atoms with Gasteiger partial charge < -0.3 is 29.4 Å². The molecule has 2 aromatic rings. The summed E-state index contributed by atoms with van der Waals surface area (Å²) >= 11 is 0. The van der Waals surface area contributed by atoms with Gasteiger partial charge in [-0.1, -0.05) is 30.3 Å². The van der Waals surface area contributed by atoms with E-state index in [1.807, 2.05) is 0 Å². The van der Waals surface area contributed by atoms with Gasteiger partial charge in [-0.15, -0.1) is 0 Å². The van der Waals surface area contributed by atoms with E-state index in [-0.39, 0.29) is 36.6 Å². The molecule has 0 spiro atoms. The average molecular weight is 557 g/mol. The van der Waals surface area contributed by atoms with Crippen molar-refractivity contribution in [3.05, 3.63) is 53.9 Å². The molecule has 1 aliphatic rings. The maximum atomic E-state index is 13.3. The van der Waals surface area contributed by atoms with Crippen molar-refractivity contribution in [3.63, 3.8) is 0 Å². The minimum Gasteiger partial charge on any atom is -0.493 e. The predicted octanol–water partition coefficient (Wildman–Crippen LogP) is 2.19. The number of benzene rings is 1. The van der Waals surface area contributed by atoms with E-state index in [1.54, 1.807) is 30.3 Å². The summed E-state index contributed by atoms with van der Waals surface area (Å²) in [4.78, 5) is 67.3. The van der Waals surface area contributed by atoms with E-state index in [4.69, 9.17) is 18.9 Å². The molecule has 1 aromatic carbocycles. The molecule has 2 heterocycles. The lowest BCUT2D eigenvalue weighted by molar-refractivity contribution is -0.169. The van der Waals surface area contributed by atoms with Crippen molar-refractivity contribution in [3.8, 4) is 11.5 Å². The molecule has 2 N–H and O–H groups in total. The average Bonchev–Trinajstić information content (AvgIpc) is 2.95. The van der Waals surface area contributed by atoms with Crippen LogP contribution in [-0.4, -0.2) is 66.2 Å². The normalized spacial score (nSPS) is 20.9. The number of aliphatic carboxylic acids is 1. The smallest absolute Gasteiger partial charge is 0.311 e. The summed E-state index contributed by atoms with van der Waals surface area (Å²) in [5, 5.41) is 13.0. The first kappa shape index (κ1) is 30.1. The number of esters is 3. The number of carbonyl (C=O) groups is 5. The molecule has 0 aliphatic carbocycles. The van der Waals surface area contributed by atoms with Crippen LogP contribution in [0.2, 0.25) is 0 Å². The fourth-order valence-corrected chi connectivity index (χ4v) is 4.87. The van der Waals surface area contributed by atoms with Crippen LogP contribution in [0, 0.1) is 17.3 Å². The monoisotopic (exact) mass is 556 g/mol. The molecule has 3 rings (SSSR count). The van der Waals surface area contributed by atoms with Gasteiger partial charge in [0.15, 0.2) is 11.4 Å². The van der Waals surface area contributed by atoms with Gasteiger partial charge in [-0.25, -0.2) is 4.98 Å². The minimum atomic E-state index is -1.83. The maximum Gasteiger partial charge on any atom is 0.311 e. The van der Waals surface area contributed by atoms with Crippen LogP contribution in [0.4, 0.5) is 0 Å². The second-order valence-corrected chi connectivity index (χ2v) is 9.62. The number of carboxylic acid groups (broad SMARTS) is 1. The summed E-state index contributed by atoms with van der Waals surface area (Å²) in [5.41, 5.74) is -1.40. The number of cyclic esters (lactones) is 2. The number of aromatic nitrogens is 1. The van der Waals surface area contributed by atoms with E-state index in [0.717, 1.165) is 12.5 Å². The van der Waals surface area contributed by atoms with Gasteiger partial charge in [0.05, 0.1) is 24.9 Å². The molecule has 12 nitrogen and oxygen atoms in total. The third kappa shape index (κ3) is 6.93. The van der Waals surface area contributed by atoms with E-state index in [9.17, 15) is 29.1 Å². The van der Waals surface area contributed by atoms with Crippen molar-refractivity contribution in [2.24, 2.45) is 17.3 Å². The molecule has 0 saturated carbocycles. The summed E-state index contributed by atoms with van der Waals surface area (Å²) in [5.74, 6) is -6.56. The highest BCUT2D eigenvalue weighted by Gasteiger charge is 2.52. The molecule has 1 aliphatic heterocycles. The third-order valence-corrected chi connectivity index (χ3v) is 6.80. The summed E-state index contributed by atoms with van der Waals surface area (Å²) in [7, 11) is 1.32.